The van der Waals surface area contributed by atoms with Crippen LogP contribution in [0.25, 0.3) is 11.3 Å². The van der Waals surface area contributed by atoms with Gasteiger partial charge in [0.25, 0.3) is 5.91 Å². The molecule has 0 radical (unpaired) electrons. The smallest absolute Gasteiger partial charge is 0.276 e. The number of likely N-dealkylation sites (N-methyl/N-ethyl adjacent to an activating group) is 1. The number of benzene rings is 1. The van der Waals surface area contributed by atoms with Crippen molar-refractivity contribution in [1.29, 1.82) is 0 Å². The van der Waals surface area contributed by atoms with E-state index in [4.69, 9.17) is 4.52 Å². The maximum atomic E-state index is 13.2. The fraction of sp³-hybridized carbons (Fsp3) is 0.522. The predicted molar refractivity (Wildman–Crippen MR) is 114 cm³/mol. The van der Waals surface area contributed by atoms with Crippen molar-refractivity contribution in [3.05, 3.63) is 41.6 Å². The van der Waals surface area contributed by atoms with Gasteiger partial charge in [-0.15, -0.1) is 0 Å². The summed E-state index contributed by atoms with van der Waals surface area (Å²) < 4.78 is 5.44. The Bertz CT molecular complexity index is 884. The maximum Gasteiger partial charge on any atom is 0.276 e. The summed E-state index contributed by atoms with van der Waals surface area (Å²) in [7, 11) is 0. The zero-order chi connectivity index (χ0) is 21.1. The molecule has 0 saturated carbocycles. The van der Waals surface area contributed by atoms with Crippen LogP contribution in [0, 0.1) is 6.92 Å². The van der Waals surface area contributed by atoms with E-state index in [2.05, 4.69) is 17.0 Å². The van der Waals surface area contributed by atoms with Gasteiger partial charge in [0.05, 0.1) is 0 Å². The molecular weight excluding hydrogens is 380 g/mol. The van der Waals surface area contributed by atoms with E-state index in [-0.39, 0.29) is 17.5 Å². The van der Waals surface area contributed by atoms with Gasteiger partial charge in [-0.1, -0.05) is 41.9 Å². The Morgan fingerprint density at radius 1 is 1.07 bits per heavy atom. The molecule has 4 rings (SSSR count). The van der Waals surface area contributed by atoms with Gasteiger partial charge < -0.3 is 19.2 Å². The van der Waals surface area contributed by atoms with Gasteiger partial charge in [0.15, 0.2) is 11.5 Å². The molecule has 1 aromatic carbocycles. The quantitative estimate of drug-likeness (QED) is 0.775. The second-order valence-electron chi connectivity index (χ2n) is 8.21. The van der Waals surface area contributed by atoms with Gasteiger partial charge in [0.2, 0.25) is 5.91 Å². The van der Waals surface area contributed by atoms with Crippen LogP contribution in [-0.4, -0.2) is 77.0 Å². The van der Waals surface area contributed by atoms with Crippen molar-refractivity contribution in [3.63, 3.8) is 0 Å². The van der Waals surface area contributed by atoms with Crippen LogP contribution >= 0.6 is 0 Å². The molecule has 0 bridgehead atoms. The Hall–Kier alpha value is -2.67. The lowest BCUT2D eigenvalue weighted by atomic mass is 9.99. The summed E-state index contributed by atoms with van der Waals surface area (Å²) in [5.74, 6) is 0.414. The van der Waals surface area contributed by atoms with E-state index in [1.54, 1.807) is 11.0 Å². The lowest BCUT2D eigenvalue weighted by Gasteiger charge is -2.40. The van der Waals surface area contributed by atoms with Gasteiger partial charge in [-0.25, -0.2) is 0 Å². The summed E-state index contributed by atoms with van der Waals surface area (Å²) in [5, 5.41) is 4.02. The molecule has 0 aliphatic carbocycles. The minimum Gasteiger partial charge on any atom is -0.355 e. The van der Waals surface area contributed by atoms with E-state index in [0.29, 0.717) is 18.7 Å². The molecule has 0 spiro atoms. The summed E-state index contributed by atoms with van der Waals surface area (Å²) >= 11 is 0. The minimum atomic E-state index is -0.404. The number of carbonyl (C=O) groups excluding carboxylic acids is 2. The summed E-state index contributed by atoms with van der Waals surface area (Å²) in [5.41, 5.74) is 2.30. The van der Waals surface area contributed by atoms with E-state index in [1.165, 1.54) is 0 Å². The van der Waals surface area contributed by atoms with E-state index in [9.17, 15) is 9.59 Å². The number of hydrogen-bond acceptors (Lipinski definition) is 5. The molecule has 1 unspecified atom stereocenters. The van der Waals surface area contributed by atoms with Crippen molar-refractivity contribution in [2.75, 3.05) is 39.3 Å². The number of amides is 2. The second-order valence-corrected chi connectivity index (χ2v) is 8.21. The van der Waals surface area contributed by atoms with Crippen LogP contribution in [0.2, 0.25) is 0 Å². The number of piperidine rings is 1. The van der Waals surface area contributed by atoms with Gasteiger partial charge in [-0.3, -0.25) is 9.59 Å². The minimum absolute atomic E-state index is 0.0704. The van der Waals surface area contributed by atoms with Crippen LogP contribution < -0.4 is 0 Å². The van der Waals surface area contributed by atoms with Gasteiger partial charge in [0.1, 0.15) is 6.04 Å². The Morgan fingerprint density at radius 3 is 2.50 bits per heavy atom. The highest BCUT2D eigenvalue weighted by Crippen LogP contribution is 2.25. The molecule has 160 valence electrons. The van der Waals surface area contributed by atoms with Crippen molar-refractivity contribution in [3.8, 4) is 11.3 Å². The third kappa shape index (κ3) is 4.26. The lowest BCUT2D eigenvalue weighted by molar-refractivity contribution is -0.139. The molecule has 2 aliphatic heterocycles. The molecule has 2 saturated heterocycles. The summed E-state index contributed by atoms with van der Waals surface area (Å²) in [6.07, 6.45) is 2.57. The Balaban J connectivity index is 1.48. The number of likely N-dealkylation sites (tertiary alicyclic amines) is 1. The fourth-order valence-electron chi connectivity index (χ4n) is 4.30. The number of aryl methyl sites for hydroxylation is 1. The molecule has 0 N–H and O–H groups in total. The first-order valence-electron chi connectivity index (χ1n) is 10.9. The van der Waals surface area contributed by atoms with Crippen LogP contribution in [0.4, 0.5) is 0 Å². The SMILES string of the molecule is CCN1CCN(C(=O)C2CCCCN2C(=O)c2cc(-c3ccc(C)cc3)on2)CC1. The first-order chi connectivity index (χ1) is 14.6. The predicted octanol–water partition coefficient (Wildman–Crippen LogP) is 2.81. The standard InChI is InChI=1S/C23H30N4O3/c1-3-25-12-14-26(15-13-25)23(29)20-6-4-5-11-27(20)22(28)19-16-21(30-24-19)18-9-7-17(2)8-10-18/h7-10,16,20H,3-6,11-15H2,1-2H3. The molecule has 1 aromatic heterocycles. The Kier molecular flexibility index (Phi) is 6.18. The van der Waals surface area contributed by atoms with E-state index < -0.39 is 6.04 Å². The van der Waals surface area contributed by atoms with E-state index in [0.717, 1.165) is 56.7 Å². The average molecular weight is 411 g/mol. The molecule has 7 heteroatoms. The van der Waals surface area contributed by atoms with Crippen LogP contribution in [0.1, 0.15) is 42.2 Å². The molecule has 2 amide bonds. The largest absolute Gasteiger partial charge is 0.355 e. The van der Waals surface area contributed by atoms with E-state index >= 15 is 0 Å². The fourth-order valence-corrected chi connectivity index (χ4v) is 4.30. The van der Waals surface area contributed by atoms with Crippen LogP contribution in [0.15, 0.2) is 34.9 Å². The normalized spacial score (nSPS) is 20.4. The second kappa shape index (κ2) is 9.00. The van der Waals surface area contributed by atoms with Crippen LogP contribution in [0.5, 0.6) is 0 Å². The number of hydrogen-bond donors (Lipinski definition) is 0. The van der Waals surface area contributed by atoms with Gasteiger partial charge in [0, 0.05) is 44.4 Å². The zero-order valence-electron chi connectivity index (χ0n) is 17.8. The summed E-state index contributed by atoms with van der Waals surface area (Å²) in [6, 6.07) is 9.18. The molecule has 2 fully saturated rings. The van der Waals surface area contributed by atoms with Crippen molar-refractivity contribution in [2.45, 2.75) is 39.2 Å². The number of aromatic nitrogens is 1. The number of nitrogens with zero attached hydrogens (tertiary/aromatic N) is 4. The van der Waals surface area contributed by atoms with E-state index in [1.807, 2.05) is 36.1 Å². The van der Waals surface area contributed by atoms with Crippen molar-refractivity contribution in [2.24, 2.45) is 0 Å². The average Bonchev–Trinajstić information content (AvgIpc) is 3.29. The topological polar surface area (TPSA) is 69.9 Å². The first-order valence-corrected chi connectivity index (χ1v) is 10.9. The third-order valence-corrected chi connectivity index (χ3v) is 6.25. The van der Waals surface area contributed by atoms with Gasteiger partial charge in [-0.2, -0.15) is 0 Å². The first kappa shape index (κ1) is 20.6. The summed E-state index contributed by atoms with van der Waals surface area (Å²) in [6.45, 7) is 9.00. The monoisotopic (exact) mass is 410 g/mol. The Labute approximate surface area is 177 Å². The summed E-state index contributed by atoms with van der Waals surface area (Å²) in [4.78, 5) is 32.4. The highest BCUT2D eigenvalue weighted by atomic mass is 16.5. The zero-order valence-corrected chi connectivity index (χ0v) is 17.8. The Morgan fingerprint density at radius 2 is 1.80 bits per heavy atom. The maximum absolute atomic E-state index is 13.2. The van der Waals surface area contributed by atoms with Gasteiger partial charge >= 0.3 is 0 Å². The van der Waals surface area contributed by atoms with Crippen LogP contribution in [-0.2, 0) is 4.79 Å². The number of piperazine rings is 1. The molecule has 7 nitrogen and oxygen atoms in total. The molecule has 2 aromatic rings. The van der Waals surface area contributed by atoms with Gasteiger partial charge in [-0.05, 0) is 32.7 Å². The van der Waals surface area contributed by atoms with Crippen molar-refractivity contribution in [1.82, 2.24) is 19.9 Å². The van der Waals surface area contributed by atoms with Crippen LogP contribution in [0.3, 0.4) is 0 Å². The molecule has 30 heavy (non-hydrogen) atoms. The third-order valence-electron chi connectivity index (χ3n) is 6.25. The molecule has 3 heterocycles. The highest BCUT2D eigenvalue weighted by molar-refractivity contribution is 5.97. The molecular formula is C23H30N4O3. The molecule has 2 aliphatic rings. The number of carbonyl (C=O) groups is 2. The van der Waals surface area contributed by atoms with Crippen molar-refractivity contribution >= 4 is 11.8 Å². The highest BCUT2D eigenvalue weighted by Gasteiger charge is 2.37. The number of rotatable bonds is 4. The molecule has 1 atom stereocenters. The lowest BCUT2D eigenvalue weighted by Crippen LogP contribution is -2.57. The van der Waals surface area contributed by atoms with Crippen molar-refractivity contribution < 1.29 is 14.1 Å².